The van der Waals surface area contributed by atoms with E-state index in [9.17, 15) is 4.79 Å². The molecule has 1 N–H and O–H groups in total. The van der Waals surface area contributed by atoms with Crippen LogP contribution in [-0.4, -0.2) is 22.9 Å². The van der Waals surface area contributed by atoms with Crippen LogP contribution in [0.1, 0.15) is 11.8 Å². The number of nitrogens with one attached hydrogen (secondary N) is 1. The van der Waals surface area contributed by atoms with Crippen LogP contribution >= 0.6 is 45.9 Å². The fraction of sp³-hybridized carbons (Fsp3) is 0.0870. The molecule has 0 spiro atoms. The largest absolute Gasteiger partial charge is 0.482 e. The molecule has 0 saturated carbocycles. The van der Waals surface area contributed by atoms with E-state index in [1.807, 2.05) is 48.0 Å². The number of carbonyl (C=O) groups is 1. The number of hydrogen-bond acceptors (Lipinski definition) is 6. The lowest BCUT2D eigenvalue weighted by atomic mass is 10.1. The van der Waals surface area contributed by atoms with Crippen molar-refractivity contribution < 1.29 is 9.53 Å². The van der Waals surface area contributed by atoms with E-state index in [0.29, 0.717) is 32.0 Å². The van der Waals surface area contributed by atoms with Crippen LogP contribution in [0.2, 0.25) is 10.0 Å². The average molecular weight is 515 g/mol. The maximum absolute atomic E-state index is 11.8. The molecule has 0 atom stereocenters. The molecule has 2 aromatic carbocycles. The number of nitrogens with zero attached hydrogens (tertiary/aromatic N) is 3. The van der Waals surface area contributed by atoms with Gasteiger partial charge in [-0.15, -0.1) is 22.7 Å². The van der Waals surface area contributed by atoms with Crippen LogP contribution in [0.15, 0.2) is 69.4 Å². The first-order chi connectivity index (χ1) is 16.0. The van der Waals surface area contributed by atoms with Crippen molar-refractivity contribution in [3.8, 4) is 17.0 Å². The lowest BCUT2D eigenvalue weighted by molar-refractivity contribution is -0.118. The van der Waals surface area contributed by atoms with Gasteiger partial charge >= 0.3 is 0 Å². The van der Waals surface area contributed by atoms with Crippen LogP contribution in [0.25, 0.3) is 11.3 Å². The van der Waals surface area contributed by atoms with Crippen LogP contribution in [0.4, 0.5) is 11.4 Å². The summed E-state index contributed by atoms with van der Waals surface area (Å²) in [5.41, 5.74) is 3.85. The number of rotatable bonds is 4. The minimum absolute atomic E-state index is 0.0157. The van der Waals surface area contributed by atoms with E-state index >= 15 is 0 Å². The van der Waals surface area contributed by atoms with Gasteiger partial charge in [0.2, 0.25) is 4.80 Å². The summed E-state index contributed by atoms with van der Waals surface area (Å²) in [6.07, 6.45) is 0. The lowest BCUT2D eigenvalue weighted by Crippen LogP contribution is -2.25. The molecule has 1 aliphatic rings. The minimum atomic E-state index is -0.181. The van der Waals surface area contributed by atoms with Gasteiger partial charge in [-0.05, 0) is 54.8 Å². The molecule has 0 fully saturated rings. The van der Waals surface area contributed by atoms with Gasteiger partial charge in [0.05, 0.1) is 37.7 Å². The third kappa shape index (κ3) is 4.60. The topological polar surface area (TPSA) is 68.0 Å². The van der Waals surface area contributed by atoms with E-state index in [4.69, 9.17) is 38.0 Å². The van der Waals surface area contributed by atoms with Gasteiger partial charge in [0.25, 0.3) is 5.91 Å². The summed E-state index contributed by atoms with van der Waals surface area (Å²) in [6.45, 7) is 1.98. The highest BCUT2D eigenvalue weighted by Crippen LogP contribution is 2.33. The molecule has 10 heteroatoms. The molecule has 0 saturated heterocycles. The molecule has 2 aromatic heterocycles. The molecule has 166 valence electrons. The van der Waals surface area contributed by atoms with Gasteiger partial charge in [-0.2, -0.15) is 5.10 Å². The van der Waals surface area contributed by atoms with Gasteiger partial charge in [-0.3, -0.25) is 4.79 Å². The highest BCUT2D eigenvalue weighted by atomic mass is 35.5. The first-order valence-corrected chi connectivity index (χ1v) is 12.4. The van der Waals surface area contributed by atoms with Gasteiger partial charge in [0.1, 0.15) is 5.75 Å². The Morgan fingerprint density at radius 2 is 2.00 bits per heavy atom. The van der Waals surface area contributed by atoms with E-state index in [0.717, 1.165) is 21.8 Å². The molecule has 5 rings (SSSR count). The molecular weight excluding hydrogens is 499 g/mol. The van der Waals surface area contributed by atoms with Crippen LogP contribution in [0, 0.1) is 0 Å². The second-order valence-corrected chi connectivity index (χ2v) is 9.73. The van der Waals surface area contributed by atoms with Crippen molar-refractivity contribution in [2.75, 3.05) is 11.9 Å². The number of anilines is 1. The second-order valence-electron chi connectivity index (χ2n) is 7.14. The number of carbonyl (C=O) groups excluding carboxylic acids is 1. The van der Waals surface area contributed by atoms with E-state index in [2.05, 4.69) is 5.32 Å². The molecular formula is C23H16Cl2N4O2S2. The Bertz CT molecular complexity index is 1460. The summed E-state index contributed by atoms with van der Waals surface area (Å²) in [7, 11) is 0. The molecule has 1 aliphatic heterocycles. The third-order valence-corrected chi connectivity index (χ3v) is 7.38. The Labute approximate surface area is 207 Å². The molecule has 0 unspecified atom stereocenters. The Morgan fingerprint density at radius 3 is 2.79 bits per heavy atom. The Kier molecular flexibility index (Phi) is 6.07. The van der Waals surface area contributed by atoms with Crippen LogP contribution in [0.3, 0.4) is 0 Å². The van der Waals surface area contributed by atoms with E-state index in [1.54, 1.807) is 34.2 Å². The number of benzene rings is 2. The molecule has 1 amide bonds. The van der Waals surface area contributed by atoms with Crippen molar-refractivity contribution in [2.24, 2.45) is 10.1 Å². The summed E-state index contributed by atoms with van der Waals surface area (Å²) in [6, 6.07) is 14.9. The summed E-state index contributed by atoms with van der Waals surface area (Å²) < 4.78 is 7.29. The van der Waals surface area contributed by atoms with Crippen molar-refractivity contribution in [3.63, 3.8) is 0 Å². The molecule has 4 aromatic rings. The highest BCUT2D eigenvalue weighted by Gasteiger charge is 2.18. The van der Waals surface area contributed by atoms with Gasteiger partial charge in [0, 0.05) is 10.9 Å². The van der Waals surface area contributed by atoms with Gasteiger partial charge < -0.3 is 10.1 Å². The van der Waals surface area contributed by atoms with Crippen molar-refractivity contribution in [1.29, 1.82) is 0 Å². The Balaban J connectivity index is 1.66. The highest BCUT2D eigenvalue weighted by molar-refractivity contribution is 7.12. The molecule has 33 heavy (non-hydrogen) atoms. The molecule has 6 nitrogen and oxygen atoms in total. The van der Waals surface area contributed by atoms with Crippen LogP contribution in [-0.2, 0) is 4.79 Å². The fourth-order valence-corrected chi connectivity index (χ4v) is 5.08. The number of hydrogen-bond donors (Lipinski definition) is 1. The van der Waals surface area contributed by atoms with Crippen molar-refractivity contribution in [1.82, 2.24) is 4.68 Å². The van der Waals surface area contributed by atoms with E-state index in [1.165, 1.54) is 11.3 Å². The van der Waals surface area contributed by atoms with Crippen LogP contribution in [0.5, 0.6) is 5.75 Å². The number of thiazole rings is 1. The first kappa shape index (κ1) is 21.9. The quantitative estimate of drug-likeness (QED) is 0.319. The SMILES string of the molecule is CC(=Nn1c(-c2ccc3c(c2)NC(=O)CO3)csc1=Nc1ccc(Cl)c(Cl)c1)c1cccs1. The van der Waals surface area contributed by atoms with Crippen molar-refractivity contribution in [3.05, 3.63) is 79.0 Å². The number of amides is 1. The zero-order valence-corrected chi connectivity index (χ0v) is 20.4. The molecule has 3 heterocycles. The maximum atomic E-state index is 11.8. The van der Waals surface area contributed by atoms with Gasteiger partial charge in [-0.1, -0.05) is 29.3 Å². The standard InChI is InChI=1S/C23H16Cl2N4O2S2/c1-13(21-3-2-8-32-21)28-29-19(14-4-7-20-18(9-14)27-22(30)11-31-20)12-33-23(29)26-15-5-6-16(24)17(25)10-15/h2-10,12H,11H2,1H3,(H,27,30). The number of thiophene rings is 1. The fourth-order valence-electron chi connectivity index (χ4n) is 3.26. The monoisotopic (exact) mass is 514 g/mol. The predicted molar refractivity (Wildman–Crippen MR) is 135 cm³/mol. The van der Waals surface area contributed by atoms with E-state index < -0.39 is 0 Å². The Morgan fingerprint density at radius 1 is 1.12 bits per heavy atom. The zero-order chi connectivity index (χ0) is 22.9. The summed E-state index contributed by atoms with van der Waals surface area (Å²) in [5.74, 6) is 0.457. The van der Waals surface area contributed by atoms with Gasteiger partial charge in [-0.25, -0.2) is 9.67 Å². The predicted octanol–water partition coefficient (Wildman–Crippen LogP) is 6.42. The first-order valence-electron chi connectivity index (χ1n) is 9.85. The zero-order valence-electron chi connectivity index (χ0n) is 17.2. The number of aromatic nitrogens is 1. The van der Waals surface area contributed by atoms with E-state index in [-0.39, 0.29) is 12.5 Å². The summed E-state index contributed by atoms with van der Waals surface area (Å²) in [5, 5.41) is 12.6. The van der Waals surface area contributed by atoms with Gasteiger partial charge in [0.15, 0.2) is 6.61 Å². The van der Waals surface area contributed by atoms with Crippen molar-refractivity contribution in [2.45, 2.75) is 6.92 Å². The molecule has 0 aliphatic carbocycles. The minimum Gasteiger partial charge on any atom is -0.482 e. The lowest BCUT2D eigenvalue weighted by Gasteiger charge is -2.18. The van der Waals surface area contributed by atoms with Crippen molar-refractivity contribution >= 4 is 68.9 Å². The summed E-state index contributed by atoms with van der Waals surface area (Å²) in [4.78, 5) is 18.3. The smallest absolute Gasteiger partial charge is 0.262 e. The Hall–Kier alpha value is -2.91. The second kappa shape index (κ2) is 9.15. The number of halogens is 2. The molecule has 0 bridgehead atoms. The normalized spacial score (nSPS) is 14.1. The number of ether oxygens (including phenoxy) is 1. The molecule has 0 radical (unpaired) electrons. The third-order valence-electron chi connectivity index (χ3n) is 4.85. The maximum Gasteiger partial charge on any atom is 0.262 e. The number of fused-ring (bicyclic) bond motifs is 1. The summed E-state index contributed by atoms with van der Waals surface area (Å²) >= 11 is 15.3. The average Bonchev–Trinajstić information content (AvgIpc) is 3.47. The van der Waals surface area contributed by atoms with Crippen LogP contribution < -0.4 is 14.9 Å².